The SMILES string of the molecule is CNc1nc2ccccc2cc1CN1CCCC1(C)C. The predicted octanol–water partition coefficient (Wildman–Crippen LogP) is 3.65. The molecule has 0 bridgehead atoms. The van der Waals surface area contributed by atoms with Crippen LogP contribution in [0.1, 0.15) is 32.3 Å². The van der Waals surface area contributed by atoms with Gasteiger partial charge >= 0.3 is 0 Å². The first-order chi connectivity index (χ1) is 9.60. The highest BCUT2D eigenvalue weighted by atomic mass is 15.2. The monoisotopic (exact) mass is 269 g/mol. The summed E-state index contributed by atoms with van der Waals surface area (Å²) >= 11 is 0. The standard InChI is InChI=1S/C17H23N3/c1-17(2)9-6-10-20(17)12-14-11-13-7-4-5-8-15(13)19-16(14)18-3/h4-5,7-8,11H,6,9-10,12H2,1-3H3,(H,18,19). The molecule has 0 amide bonds. The molecule has 1 aliphatic heterocycles. The van der Waals surface area contributed by atoms with Gasteiger partial charge in [-0.2, -0.15) is 0 Å². The highest BCUT2D eigenvalue weighted by molar-refractivity contribution is 5.81. The molecule has 0 radical (unpaired) electrons. The quantitative estimate of drug-likeness (QED) is 0.922. The van der Waals surface area contributed by atoms with E-state index >= 15 is 0 Å². The van der Waals surface area contributed by atoms with Crippen molar-refractivity contribution in [2.75, 3.05) is 18.9 Å². The maximum Gasteiger partial charge on any atom is 0.130 e. The molecular weight excluding hydrogens is 246 g/mol. The highest BCUT2D eigenvalue weighted by Crippen LogP contribution is 2.31. The number of nitrogens with zero attached hydrogens (tertiary/aromatic N) is 2. The first-order valence-electron chi connectivity index (χ1n) is 7.42. The minimum Gasteiger partial charge on any atom is -0.373 e. The van der Waals surface area contributed by atoms with Gasteiger partial charge in [-0.15, -0.1) is 0 Å². The molecule has 0 atom stereocenters. The van der Waals surface area contributed by atoms with Crippen molar-refractivity contribution in [3.8, 4) is 0 Å². The van der Waals surface area contributed by atoms with Gasteiger partial charge in [0.05, 0.1) is 5.52 Å². The van der Waals surface area contributed by atoms with Crippen molar-refractivity contribution in [2.24, 2.45) is 0 Å². The third kappa shape index (κ3) is 2.38. The minimum atomic E-state index is 0.302. The number of fused-ring (bicyclic) bond motifs is 1. The van der Waals surface area contributed by atoms with E-state index in [2.05, 4.69) is 48.3 Å². The highest BCUT2D eigenvalue weighted by Gasteiger charge is 2.32. The summed E-state index contributed by atoms with van der Waals surface area (Å²) in [5, 5.41) is 4.47. The zero-order chi connectivity index (χ0) is 14.2. The number of pyridine rings is 1. The topological polar surface area (TPSA) is 28.2 Å². The van der Waals surface area contributed by atoms with Gasteiger partial charge < -0.3 is 5.32 Å². The molecule has 1 aromatic heterocycles. The lowest BCUT2D eigenvalue weighted by atomic mass is 10.0. The molecule has 0 saturated carbocycles. The molecule has 0 aliphatic carbocycles. The van der Waals surface area contributed by atoms with Crippen molar-refractivity contribution >= 4 is 16.7 Å². The third-order valence-corrected chi connectivity index (χ3v) is 4.47. The Bertz CT molecular complexity index is 619. The van der Waals surface area contributed by atoms with E-state index in [0.717, 1.165) is 17.9 Å². The Balaban J connectivity index is 1.97. The fourth-order valence-corrected chi connectivity index (χ4v) is 3.16. The lowest BCUT2D eigenvalue weighted by Crippen LogP contribution is -2.37. The van der Waals surface area contributed by atoms with Crippen molar-refractivity contribution in [3.63, 3.8) is 0 Å². The molecule has 0 spiro atoms. The molecule has 3 rings (SSSR count). The molecule has 2 aromatic rings. The van der Waals surface area contributed by atoms with E-state index in [0.29, 0.717) is 5.54 Å². The van der Waals surface area contributed by atoms with Gasteiger partial charge in [0, 0.05) is 30.1 Å². The Morgan fingerprint density at radius 1 is 1.30 bits per heavy atom. The molecule has 3 nitrogen and oxygen atoms in total. The fourth-order valence-electron chi connectivity index (χ4n) is 3.16. The van der Waals surface area contributed by atoms with Gasteiger partial charge in [0.15, 0.2) is 0 Å². The summed E-state index contributed by atoms with van der Waals surface area (Å²) in [5.74, 6) is 1.01. The largest absolute Gasteiger partial charge is 0.373 e. The molecule has 1 aliphatic rings. The molecule has 1 N–H and O–H groups in total. The van der Waals surface area contributed by atoms with Crippen LogP contribution in [0.2, 0.25) is 0 Å². The lowest BCUT2D eigenvalue weighted by molar-refractivity contribution is 0.167. The van der Waals surface area contributed by atoms with Crippen molar-refractivity contribution in [1.29, 1.82) is 0 Å². The normalized spacial score (nSPS) is 18.6. The number of anilines is 1. The second-order valence-corrected chi connectivity index (χ2v) is 6.28. The first-order valence-corrected chi connectivity index (χ1v) is 7.42. The summed E-state index contributed by atoms with van der Waals surface area (Å²) in [4.78, 5) is 7.31. The van der Waals surface area contributed by atoms with Crippen LogP contribution in [0, 0.1) is 0 Å². The number of hydrogen-bond acceptors (Lipinski definition) is 3. The molecule has 106 valence electrons. The Morgan fingerprint density at radius 2 is 2.10 bits per heavy atom. The Kier molecular flexibility index (Phi) is 3.38. The zero-order valence-electron chi connectivity index (χ0n) is 12.6. The zero-order valence-corrected chi connectivity index (χ0v) is 12.6. The average Bonchev–Trinajstić information content (AvgIpc) is 2.77. The van der Waals surface area contributed by atoms with Crippen LogP contribution in [0.25, 0.3) is 10.9 Å². The van der Waals surface area contributed by atoms with E-state index < -0.39 is 0 Å². The van der Waals surface area contributed by atoms with Crippen LogP contribution in [0.4, 0.5) is 5.82 Å². The summed E-state index contributed by atoms with van der Waals surface area (Å²) < 4.78 is 0. The predicted molar refractivity (Wildman–Crippen MR) is 85.0 cm³/mol. The van der Waals surface area contributed by atoms with Crippen LogP contribution in [-0.4, -0.2) is 29.0 Å². The molecule has 1 fully saturated rings. The molecule has 3 heteroatoms. The number of hydrogen-bond donors (Lipinski definition) is 1. The van der Waals surface area contributed by atoms with Crippen LogP contribution in [-0.2, 0) is 6.54 Å². The van der Waals surface area contributed by atoms with Crippen molar-refractivity contribution < 1.29 is 0 Å². The van der Waals surface area contributed by atoms with Gasteiger partial charge in [-0.3, -0.25) is 4.90 Å². The first kappa shape index (κ1) is 13.4. The van der Waals surface area contributed by atoms with Crippen molar-refractivity contribution in [1.82, 2.24) is 9.88 Å². The molecule has 1 aromatic carbocycles. The number of para-hydroxylation sites is 1. The van der Waals surface area contributed by atoms with E-state index in [1.54, 1.807) is 0 Å². The van der Waals surface area contributed by atoms with Crippen LogP contribution < -0.4 is 5.32 Å². The van der Waals surface area contributed by atoms with Gasteiger partial charge in [-0.25, -0.2) is 4.98 Å². The Morgan fingerprint density at radius 3 is 2.80 bits per heavy atom. The number of likely N-dealkylation sites (tertiary alicyclic amines) is 1. The number of rotatable bonds is 3. The summed E-state index contributed by atoms with van der Waals surface area (Å²) in [6.07, 6.45) is 2.58. The third-order valence-electron chi connectivity index (χ3n) is 4.47. The van der Waals surface area contributed by atoms with Gasteiger partial charge in [0.2, 0.25) is 0 Å². The number of benzene rings is 1. The second kappa shape index (κ2) is 5.06. The van der Waals surface area contributed by atoms with Crippen LogP contribution in [0.15, 0.2) is 30.3 Å². The molecule has 20 heavy (non-hydrogen) atoms. The van der Waals surface area contributed by atoms with Crippen LogP contribution >= 0.6 is 0 Å². The van der Waals surface area contributed by atoms with E-state index in [1.807, 2.05) is 13.1 Å². The lowest BCUT2D eigenvalue weighted by Gasteiger charge is -2.32. The van der Waals surface area contributed by atoms with E-state index in [4.69, 9.17) is 4.98 Å². The van der Waals surface area contributed by atoms with Gasteiger partial charge in [0.1, 0.15) is 5.82 Å². The van der Waals surface area contributed by atoms with Crippen molar-refractivity contribution in [3.05, 3.63) is 35.9 Å². The molecular formula is C17H23N3. The smallest absolute Gasteiger partial charge is 0.130 e. The average molecular weight is 269 g/mol. The van der Waals surface area contributed by atoms with E-state index in [1.165, 1.54) is 30.3 Å². The summed E-state index contributed by atoms with van der Waals surface area (Å²) in [7, 11) is 1.95. The summed E-state index contributed by atoms with van der Waals surface area (Å²) in [6.45, 7) is 6.84. The molecule has 2 heterocycles. The van der Waals surface area contributed by atoms with Crippen LogP contribution in [0.5, 0.6) is 0 Å². The summed E-state index contributed by atoms with van der Waals surface area (Å²) in [5.41, 5.74) is 2.65. The fraction of sp³-hybridized carbons (Fsp3) is 0.471. The van der Waals surface area contributed by atoms with E-state index in [9.17, 15) is 0 Å². The Labute approximate surface area is 121 Å². The van der Waals surface area contributed by atoms with Gasteiger partial charge in [0.25, 0.3) is 0 Å². The number of nitrogens with one attached hydrogen (secondary N) is 1. The van der Waals surface area contributed by atoms with Crippen LogP contribution in [0.3, 0.4) is 0 Å². The maximum atomic E-state index is 4.75. The summed E-state index contributed by atoms with van der Waals surface area (Å²) in [6, 6.07) is 10.6. The van der Waals surface area contributed by atoms with E-state index in [-0.39, 0.29) is 0 Å². The van der Waals surface area contributed by atoms with Crippen molar-refractivity contribution in [2.45, 2.75) is 38.8 Å². The maximum absolute atomic E-state index is 4.75. The minimum absolute atomic E-state index is 0.302. The molecule has 1 saturated heterocycles. The molecule has 0 unspecified atom stereocenters. The Hall–Kier alpha value is -1.61. The second-order valence-electron chi connectivity index (χ2n) is 6.28. The van der Waals surface area contributed by atoms with Gasteiger partial charge in [-0.1, -0.05) is 18.2 Å². The number of aromatic nitrogens is 1. The van der Waals surface area contributed by atoms with Gasteiger partial charge in [-0.05, 0) is 45.4 Å².